The fourth-order valence-corrected chi connectivity index (χ4v) is 2.41. The van der Waals surface area contributed by atoms with E-state index in [0.29, 0.717) is 17.1 Å². The van der Waals surface area contributed by atoms with Crippen molar-refractivity contribution in [3.63, 3.8) is 0 Å². The fraction of sp³-hybridized carbons (Fsp3) is 0.312. The molecule has 1 saturated heterocycles. The summed E-state index contributed by atoms with van der Waals surface area (Å²) in [6, 6.07) is 9.33. The molecule has 3 rings (SSSR count). The Morgan fingerprint density at radius 1 is 1.30 bits per heavy atom. The van der Waals surface area contributed by atoms with Crippen LogP contribution in [0.2, 0.25) is 0 Å². The van der Waals surface area contributed by atoms with Crippen LogP contribution in [-0.2, 0) is 17.8 Å². The second-order valence-corrected chi connectivity index (χ2v) is 5.31. The minimum absolute atomic E-state index is 0.0908. The SMILES string of the molecule is O=C(O)Cc1cccc(COc2ccc(C3CCNN3)nc2)n1. The van der Waals surface area contributed by atoms with Crippen LogP contribution >= 0.6 is 0 Å². The molecule has 1 unspecified atom stereocenters. The van der Waals surface area contributed by atoms with E-state index in [1.165, 1.54) is 0 Å². The lowest BCUT2D eigenvalue weighted by Crippen LogP contribution is -2.25. The Hall–Kier alpha value is -2.51. The van der Waals surface area contributed by atoms with Crippen LogP contribution in [0.15, 0.2) is 36.5 Å². The molecule has 2 aromatic rings. The fourth-order valence-electron chi connectivity index (χ4n) is 2.41. The number of carbonyl (C=O) groups is 1. The highest BCUT2D eigenvalue weighted by Gasteiger charge is 2.16. The lowest BCUT2D eigenvalue weighted by Gasteiger charge is -2.10. The number of nitrogens with one attached hydrogen (secondary N) is 2. The summed E-state index contributed by atoms with van der Waals surface area (Å²) in [6.07, 6.45) is 2.61. The zero-order chi connectivity index (χ0) is 16.1. The van der Waals surface area contributed by atoms with Gasteiger partial charge in [0.1, 0.15) is 12.4 Å². The highest BCUT2D eigenvalue weighted by atomic mass is 16.5. The monoisotopic (exact) mass is 314 g/mol. The zero-order valence-corrected chi connectivity index (χ0v) is 12.5. The third-order valence-electron chi connectivity index (χ3n) is 3.53. The molecule has 1 atom stereocenters. The molecule has 3 heterocycles. The summed E-state index contributed by atoms with van der Waals surface area (Å²) in [5.41, 5.74) is 8.43. The van der Waals surface area contributed by atoms with Gasteiger partial charge in [0.25, 0.3) is 0 Å². The van der Waals surface area contributed by atoms with Gasteiger partial charge in [0, 0.05) is 6.54 Å². The number of aliphatic carboxylic acids is 1. The smallest absolute Gasteiger partial charge is 0.309 e. The molecule has 0 radical (unpaired) electrons. The average Bonchev–Trinajstić information content (AvgIpc) is 3.08. The van der Waals surface area contributed by atoms with Crippen LogP contribution < -0.4 is 15.6 Å². The predicted octanol–water partition coefficient (Wildman–Crippen LogP) is 1.22. The van der Waals surface area contributed by atoms with Crippen molar-refractivity contribution in [3.05, 3.63) is 53.6 Å². The molecule has 1 aliphatic heterocycles. The van der Waals surface area contributed by atoms with E-state index in [9.17, 15) is 4.79 Å². The number of carboxylic acid groups (broad SMARTS) is 1. The number of hydrogen-bond acceptors (Lipinski definition) is 6. The number of pyridine rings is 2. The van der Waals surface area contributed by atoms with Gasteiger partial charge in [-0.25, -0.2) is 5.43 Å². The molecule has 0 aliphatic carbocycles. The highest BCUT2D eigenvalue weighted by Crippen LogP contribution is 2.19. The Bertz CT molecular complexity index is 669. The van der Waals surface area contributed by atoms with Crippen LogP contribution in [0.5, 0.6) is 5.75 Å². The van der Waals surface area contributed by atoms with Crippen molar-refractivity contribution >= 4 is 5.97 Å². The average molecular weight is 314 g/mol. The van der Waals surface area contributed by atoms with E-state index in [4.69, 9.17) is 9.84 Å². The first-order valence-electron chi connectivity index (χ1n) is 7.44. The Kier molecular flexibility index (Phi) is 4.80. The summed E-state index contributed by atoms with van der Waals surface area (Å²) in [5.74, 6) is -0.240. The van der Waals surface area contributed by atoms with Crippen LogP contribution in [0.25, 0.3) is 0 Å². The largest absolute Gasteiger partial charge is 0.486 e. The van der Waals surface area contributed by atoms with Gasteiger partial charge in [0.05, 0.1) is 35.7 Å². The number of rotatable bonds is 6. The van der Waals surface area contributed by atoms with Gasteiger partial charge in [-0.3, -0.25) is 20.2 Å². The molecule has 7 nitrogen and oxygen atoms in total. The molecule has 2 aromatic heterocycles. The second-order valence-electron chi connectivity index (χ2n) is 5.31. The summed E-state index contributed by atoms with van der Waals surface area (Å²) in [5, 5.41) is 8.79. The summed E-state index contributed by atoms with van der Waals surface area (Å²) in [6.45, 7) is 1.21. The number of hydrogen-bond donors (Lipinski definition) is 3. The van der Waals surface area contributed by atoms with Crippen LogP contribution in [0.4, 0.5) is 0 Å². The van der Waals surface area contributed by atoms with Crippen molar-refractivity contribution in [2.45, 2.75) is 25.5 Å². The van der Waals surface area contributed by atoms with Crippen molar-refractivity contribution in [2.75, 3.05) is 6.54 Å². The van der Waals surface area contributed by atoms with Gasteiger partial charge < -0.3 is 9.84 Å². The predicted molar refractivity (Wildman–Crippen MR) is 82.6 cm³/mol. The Balaban J connectivity index is 1.58. The van der Waals surface area contributed by atoms with Crippen molar-refractivity contribution in [2.24, 2.45) is 0 Å². The molecular weight excluding hydrogens is 296 g/mol. The summed E-state index contributed by atoms with van der Waals surface area (Å²) in [7, 11) is 0. The highest BCUT2D eigenvalue weighted by molar-refractivity contribution is 5.69. The van der Waals surface area contributed by atoms with Crippen LogP contribution in [-0.4, -0.2) is 27.6 Å². The zero-order valence-electron chi connectivity index (χ0n) is 12.5. The van der Waals surface area contributed by atoms with E-state index < -0.39 is 5.97 Å². The van der Waals surface area contributed by atoms with E-state index in [2.05, 4.69) is 20.8 Å². The Morgan fingerprint density at radius 2 is 2.17 bits per heavy atom. The number of hydrazine groups is 1. The van der Waals surface area contributed by atoms with Crippen LogP contribution in [0, 0.1) is 0 Å². The van der Waals surface area contributed by atoms with Gasteiger partial charge in [-0.15, -0.1) is 0 Å². The number of ether oxygens (including phenoxy) is 1. The molecule has 0 spiro atoms. The van der Waals surface area contributed by atoms with Crippen molar-refractivity contribution in [1.82, 2.24) is 20.8 Å². The minimum Gasteiger partial charge on any atom is -0.486 e. The summed E-state index contributed by atoms with van der Waals surface area (Å²) >= 11 is 0. The molecule has 0 amide bonds. The quantitative estimate of drug-likeness (QED) is 0.737. The molecule has 23 heavy (non-hydrogen) atoms. The van der Waals surface area contributed by atoms with E-state index >= 15 is 0 Å². The maximum atomic E-state index is 10.7. The van der Waals surface area contributed by atoms with Gasteiger partial charge in [-0.1, -0.05) is 6.07 Å². The molecule has 120 valence electrons. The van der Waals surface area contributed by atoms with Crippen LogP contribution in [0.1, 0.15) is 29.5 Å². The van der Waals surface area contributed by atoms with Gasteiger partial charge in [-0.05, 0) is 30.7 Å². The van der Waals surface area contributed by atoms with Crippen molar-refractivity contribution in [1.29, 1.82) is 0 Å². The normalized spacial score (nSPS) is 17.1. The second kappa shape index (κ2) is 7.17. The topological polar surface area (TPSA) is 96.4 Å². The molecule has 0 aromatic carbocycles. The maximum absolute atomic E-state index is 10.7. The lowest BCUT2D eigenvalue weighted by atomic mass is 10.1. The molecule has 0 saturated carbocycles. The molecule has 3 N–H and O–H groups in total. The van der Waals surface area contributed by atoms with E-state index in [1.807, 2.05) is 12.1 Å². The van der Waals surface area contributed by atoms with E-state index in [-0.39, 0.29) is 19.1 Å². The summed E-state index contributed by atoms with van der Waals surface area (Å²) < 4.78 is 5.66. The molecule has 1 fully saturated rings. The van der Waals surface area contributed by atoms with Crippen molar-refractivity contribution in [3.8, 4) is 5.75 Å². The molecule has 0 bridgehead atoms. The molecule has 1 aliphatic rings. The van der Waals surface area contributed by atoms with E-state index in [1.54, 1.807) is 24.4 Å². The van der Waals surface area contributed by atoms with Gasteiger partial charge in [0.2, 0.25) is 0 Å². The standard InChI is InChI=1S/C16H18N4O3/c21-16(22)8-11-2-1-3-12(19-11)10-23-13-4-5-14(17-9-13)15-6-7-18-20-15/h1-5,9,15,18,20H,6-8,10H2,(H,21,22). The van der Waals surface area contributed by atoms with Crippen LogP contribution in [0.3, 0.4) is 0 Å². The van der Waals surface area contributed by atoms with Crippen molar-refractivity contribution < 1.29 is 14.6 Å². The molecule has 7 heteroatoms. The Morgan fingerprint density at radius 3 is 2.87 bits per heavy atom. The van der Waals surface area contributed by atoms with Gasteiger partial charge >= 0.3 is 5.97 Å². The molecular formula is C16H18N4O3. The van der Waals surface area contributed by atoms with E-state index in [0.717, 1.165) is 18.7 Å². The minimum atomic E-state index is -0.898. The first-order chi connectivity index (χ1) is 11.2. The first kappa shape index (κ1) is 15.4. The number of carboxylic acids is 1. The summed E-state index contributed by atoms with van der Waals surface area (Å²) in [4.78, 5) is 19.4. The van der Waals surface area contributed by atoms with Gasteiger partial charge in [-0.2, -0.15) is 0 Å². The van der Waals surface area contributed by atoms with Gasteiger partial charge in [0.15, 0.2) is 0 Å². The maximum Gasteiger partial charge on any atom is 0.309 e. The number of nitrogens with zero attached hydrogens (tertiary/aromatic N) is 2. The third kappa shape index (κ3) is 4.24. The number of aromatic nitrogens is 2. The Labute approximate surface area is 133 Å². The first-order valence-corrected chi connectivity index (χ1v) is 7.44. The third-order valence-corrected chi connectivity index (χ3v) is 3.53. The lowest BCUT2D eigenvalue weighted by molar-refractivity contribution is -0.136.